The number of hydrogen-bond donors (Lipinski definition) is 0. The fourth-order valence-corrected chi connectivity index (χ4v) is 1.90. The summed E-state index contributed by atoms with van der Waals surface area (Å²) in [4.78, 5) is 5.41. The molecule has 62 valence electrons. The van der Waals surface area contributed by atoms with E-state index in [1.165, 1.54) is 4.88 Å². The smallest absolute Gasteiger partial charge is 0.0794 e. The molecule has 0 N–H and O–H groups in total. The summed E-state index contributed by atoms with van der Waals surface area (Å²) in [7, 11) is 0. The number of halogens is 1. The van der Waals surface area contributed by atoms with Crippen LogP contribution in [-0.4, -0.2) is 10.3 Å². The van der Waals surface area contributed by atoms with Gasteiger partial charge in [0.1, 0.15) is 0 Å². The van der Waals surface area contributed by atoms with Gasteiger partial charge in [0.2, 0.25) is 0 Å². The second kappa shape index (κ2) is 3.68. The Labute approximate surface area is 80.0 Å². The van der Waals surface area contributed by atoms with E-state index in [0.29, 0.717) is 5.41 Å². The van der Waals surface area contributed by atoms with Crippen LogP contribution in [0.3, 0.4) is 0 Å². The maximum Gasteiger partial charge on any atom is 0.0794 e. The first-order valence-corrected chi connectivity index (χ1v) is 5.57. The van der Waals surface area contributed by atoms with Gasteiger partial charge in [0, 0.05) is 16.4 Å². The van der Waals surface area contributed by atoms with Crippen LogP contribution in [0.5, 0.6) is 0 Å². The third-order valence-corrected chi connectivity index (χ3v) is 3.80. The predicted molar refractivity (Wildman–Crippen MR) is 53.4 cm³/mol. The molecule has 0 saturated carbocycles. The minimum absolute atomic E-state index is 0.354. The highest BCUT2D eigenvalue weighted by molar-refractivity contribution is 9.09. The average molecular weight is 234 g/mol. The van der Waals surface area contributed by atoms with E-state index in [-0.39, 0.29) is 0 Å². The van der Waals surface area contributed by atoms with Gasteiger partial charge < -0.3 is 0 Å². The van der Waals surface area contributed by atoms with Crippen molar-refractivity contribution in [1.82, 2.24) is 4.98 Å². The van der Waals surface area contributed by atoms with E-state index in [2.05, 4.69) is 34.8 Å². The Hall–Kier alpha value is 0.110. The molecule has 0 atom stereocenters. The molecule has 1 nitrogen and oxygen atoms in total. The summed E-state index contributed by atoms with van der Waals surface area (Å²) in [6.07, 6.45) is 3.07. The standard InChI is InChI=1S/C8H12BrNS/c1-8(2,5-9)3-7-4-10-6-11-7/h4,6H,3,5H2,1-2H3. The lowest BCUT2D eigenvalue weighted by Crippen LogP contribution is -2.15. The lowest BCUT2D eigenvalue weighted by molar-refractivity contribution is 0.428. The van der Waals surface area contributed by atoms with E-state index in [4.69, 9.17) is 0 Å². The van der Waals surface area contributed by atoms with Crippen molar-refractivity contribution in [1.29, 1.82) is 0 Å². The zero-order chi connectivity index (χ0) is 8.32. The zero-order valence-electron chi connectivity index (χ0n) is 6.80. The number of thiazole rings is 1. The zero-order valence-corrected chi connectivity index (χ0v) is 9.20. The lowest BCUT2D eigenvalue weighted by Gasteiger charge is -2.19. The molecule has 0 spiro atoms. The maximum absolute atomic E-state index is 4.04. The Kier molecular flexibility index (Phi) is 3.07. The predicted octanol–water partition coefficient (Wildman–Crippen LogP) is 3.11. The number of nitrogens with zero attached hydrogens (tertiary/aromatic N) is 1. The van der Waals surface area contributed by atoms with Gasteiger partial charge in [0.05, 0.1) is 5.51 Å². The largest absolute Gasteiger partial charge is 0.253 e. The van der Waals surface area contributed by atoms with Gasteiger partial charge in [-0.05, 0) is 11.8 Å². The first kappa shape index (κ1) is 9.20. The molecule has 3 heteroatoms. The van der Waals surface area contributed by atoms with Crippen LogP contribution < -0.4 is 0 Å². The summed E-state index contributed by atoms with van der Waals surface area (Å²) >= 11 is 5.23. The van der Waals surface area contributed by atoms with Crippen molar-refractivity contribution in [2.24, 2.45) is 5.41 Å². The van der Waals surface area contributed by atoms with Crippen LogP contribution >= 0.6 is 27.3 Å². The Morgan fingerprint density at radius 2 is 2.36 bits per heavy atom. The van der Waals surface area contributed by atoms with Crippen LogP contribution in [0.25, 0.3) is 0 Å². The van der Waals surface area contributed by atoms with Crippen molar-refractivity contribution in [3.8, 4) is 0 Å². The maximum atomic E-state index is 4.04. The number of alkyl halides is 1. The van der Waals surface area contributed by atoms with Gasteiger partial charge in [0.15, 0.2) is 0 Å². The molecular weight excluding hydrogens is 222 g/mol. The van der Waals surface area contributed by atoms with Gasteiger partial charge in [-0.3, -0.25) is 4.98 Å². The molecule has 11 heavy (non-hydrogen) atoms. The third kappa shape index (κ3) is 2.91. The number of aromatic nitrogens is 1. The highest BCUT2D eigenvalue weighted by Crippen LogP contribution is 2.25. The number of rotatable bonds is 3. The first-order valence-electron chi connectivity index (χ1n) is 3.57. The van der Waals surface area contributed by atoms with E-state index < -0.39 is 0 Å². The topological polar surface area (TPSA) is 12.9 Å². The molecule has 0 aliphatic rings. The van der Waals surface area contributed by atoms with Gasteiger partial charge in [-0.15, -0.1) is 11.3 Å². The Bertz CT molecular complexity index is 206. The summed E-state index contributed by atoms with van der Waals surface area (Å²) in [5.74, 6) is 0. The van der Waals surface area contributed by atoms with Crippen LogP contribution in [0.4, 0.5) is 0 Å². The molecule has 1 rings (SSSR count). The van der Waals surface area contributed by atoms with Crippen LogP contribution in [0.15, 0.2) is 11.7 Å². The van der Waals surface area contributed by atoms with E-state index >= 15 is 0 Å². The molecule has 0 bridgehead atoms. The first-order chi connectivity index (χ1) is 5.14. The minimum atomic E-state index is 0.354. The fraction of sp³-hybridized carbons (Fsp3) is 0.625. The molecule has 0 saturated heterocycles. The van der Waals surface area contributed by atoms with Gasteiger partial charge >= 0.3 is 0 Å². The molecule has 1 heterocycles. The van der Waals surface area contributed by atoms with Crippen molar-refractivity contribution in [3.63, 3.8) is 0 Å². The van der Waals surface area contributed by atoms with Crippen LogP contribution in [0, 0.1) is 5.41 Å². The summed E-state index contributed by atoms with van der Waals surface area (Å²) < 4.78 is 0. The second-order valence-corrected chi connectivity index (χ2v) is 4.97. The Morgan fingerprint density at radius 3 is 2.82 bits per heavy atom. The lowest BCUT2D eigenvalue weighted by atomic mass is 9.92. The van der Waals surface area contributed by atoms with Gasteiger partial charge in [0.25, 0.3) is 0 Å². The van der Waals surface area contributed by atoms with Gasteiger partial charge in [-0.2, -0.15) is 0 Å². The molecular formula is C8H12BrNS. The van der Waals surface area contributed by atoms with E-state index in [9.17, 15) is 0 Å². The summed E-state index contributed by atoms with van der Waals surface area (Å²) in [5.41, 5.74) is 2.24. The van der Waals surface area contributed by atoms with E-state index in [1.54, 1.807) is 11.3 Å². The Balaban J connectivity index is 2.56. The van der Waals surface area contributed by atoms with Crippen molar-refractivity contribution < 1.29 is 0 Å². The SMILES string of the molecule is CC(C)(CBr)Cc1cncs1. The van der Waals surface area contributed by atoms with Gasteiger partial charge in [-0.25, -0.2) is 0 Å². The molecule has 1 aromatic heterocycles. The molecule has 0 aliphatic heterocycles. The normalized spacial score (nSPS) is 11.9. The number of hydrogen-bond acceptors (Lipinski definition) is 2. The molecule has 0 amide bonds. The molecule has 0 fully saturated rings. The summed E-state index contributed by atoms with van der Waals surface area (Å²) in [6, 6.07) is 0. The van der Waals surface area contributed by atoms with Crippen molar-refractivity contribution in [3.05, 3.63) is 16.6 Å². The van der Waals surface area contributed by atoms with Crippen molar-refractivity contribution >= 4 is 27.3 Å². The quantitative estimate of drug-likeness (QED) is 0.732. The van der Waals surface area contributed by atoms with E-state index in [1.807, 2.05) is 11.7 Å². The van der Waals surface area contributed by atoms with Crippen molar-refractivity contribution in [2.75, 3.05) is 5.33 Å². The van der Waals surface area contributed by atoms with Crippen LogP contribution in [0.2, 0.25) is 0 Å². The molecule has 1 aromatic rings. The molecule has 0 unspecified atom stereocenters. The van der Waals surface area contributed by atoms with Crippen LogP contribution in [-0.2, 0) is 6.42 Å². The van der Waals surface area contributed by atoms with Gasteiger partial charge in [-0.1, -0.05) is 29.8 Å². The summed E-state index contributed by atoms with van der Waals surface area (Å²) in [6.45, 7) is 4.50. The monoisotopic (exact) mass is 233 g/mol. The highest BCUT2D eigenvalue weighted by atomic mass is 79.9. The van der Waals surface area contributed by atoms with E-state index in [0.717, 1.165) is 11.8 Å². The highest BCUT2D eigenvalue weighted by Gasteiger charge is 2.17. The van der Waals surface area contributed by atoms with Crippen molar-refractivity contribution in [2.45, 2.75) is 20.3 Å². The third-order valence-electron chi connectivity index (χ3n) is 1.50. The minimum Gasteiger partial charge on any atom is -0.253 e. The Morgan fingerprint density at radius 1 is 1.64 bits per heavy atom. The molecule has 0 aromatic carbocycles. The van der Waals surface area contributed by atoms with Crippen LogP contribution in [0.1, 0.15) is 18.7 Å². The molecule has 0 aliphatic carbocycles. The average Bonchev–Trinajstić information content (AvgIpc) is 2.39. The summed E-state index contributed by atoms with van der Waals surface area (Å²) in [5, 5.41) is 1.04. The fourth-order valence-electron chi connectivity index (χ4n) is 0.848. The molecule has 0 radical (unpaired) electrons. The second-order valence-electron chi connectivity index (χ2n) is 3.44.